The second-order valence-corrected chi connectivity index (χ2v) is 8.74. The van der Waals surface area contributed by atoms with Crippen molar-refractivity contribution in [2.24, 2.45) is 11.3 Å². The number of hydrogen-bond acceptors (Lipinski definition) is 4. The van der Waals surface area contributed by atoms with Crippen LogP contribution in [0.15, 0.2) is 11.6 Å². The standard InChI is InChI=1S/C19H28O5/c1-12-10-13(20)15-17(3,6-5-7-18(15,4)23)19(12)9-8-16(2,24-19)11-14(21)22/h10,15,23H,5-9,11H2,1-4H3,(H,21,22)/t15-,16+,17+,18+,19-/m1/s1. The molecule has 5 heteroatoms. The van der Waals surface area contributed by atoms with Crippen LogP contribution >= 0.6 is 0 Å². The first kappa shape index (κ1) is 17.6. The van der Waals surface area contributed by atoms with Crippen LogP contribution in [0.5, 0.6) is 0 Å². The largest absolute Gasteiger partial charge is 0.481 e. The Kier molecular flexibility index (Phi) is 3.78. The monoisotopic (exact) mass is 336 g/mol. The highest BCUT2D eigenvalue weighted by molar-refractivity contribution is 5.96. The number of ketones is 1. The molecular formula is C19H28O5. The lowest BCUT2D eigenvalue weighted by molar-refractivity contribution is -0.208. The highest BCUT2D eigenvalue weighted by Crippen LogP contribution is 2.63. The predicted molar refractivity (Wildman–Crippen MR) is 88.5 cm³/mol. The number of fused-ring (bicyclic) bond motifs is 2. The molecule has 5 nitrogen and oxygen atoms in total. The molecule has 3 rings (SSSR count). The van der Waals surface area contributed by atoms with Crippen LogP contribution in [0.1, 0.15) is 66.2 Å². The molecule has 0 aromatic heterocycles. The molecule has 0 radical (unpaired) electrons. The van der Waals surface area contributed by atoms with Crippen LogP contribution in [0.3, 0.4) is 0 Å². The van der Waals surface area contributed by atoms with E-state index >= 15 is 0 Å². The van der Waals surface area contributed by atoms with Gasteiger partial charge in [-0.3, -0.25) is 9.59 Å². The van der Waals surface area contributed by atoms with E-state index in [1.165, 1.54) is 0 Å². The van der Waals surface area contributed by atoms with Gasteiger partial charge in [0.05, 0.1) is 29.1 Å². The summed E-state index contributed by atoms with van der Waals surface area (Å²) in [6.45, 7) is 7.56. The molecule has 1 aliphatic heterocycles. The molecule has 2 fully saturated rings. The van der Waals surface area contributed by atoms with Gasteiger partial charge in [-0.25, -0.2) is 0 Å². The Bertz CT molecular complexity index is 621. The summed E-state index contributed by atoms with van der Waals surface area (Å²) >= 11 is 0. The van der Waals surface area contributed by atoms with Crippen molar-refractivity contribution in [3.63, 3.8) is 0 Å². The third-order valence-corrected chi connectivity index (χ3v) is 6.79. The van der Waals surface area contributed by atoms with Crippen LogP contribution in [0.25, 0.3) is 0 Å². The Hall–Kier alpha value is -1.20. The number of rotatable bonds is 2. The van der Waals surface area contributed by atoms with E-state index in [0.717, 1.165) is 18.4 Å². The van der Waals surface area contributed by atoms with E-state index < -0.39 is 34.1 Å². The van der Waals surface area contributed by atoms with Gasteiger partial charge in [0.25, 0.3) is 0 Å². The smallest absolute Gasteiger partial charge is 0.306 e. The number of carbonyl (C=O) groups is 2. The number of allylic oxidation sites excluding steroid dienone is 1. The fourth-order valence-corrected chi connectivity index (χ4v) is 5.80. The minimum absolute atomic E-state index is 0.0271. The SMILES string of the molecule is CC1=CC(=O)[C@H]2[C@@](C)(O)CCC[C@]2(C)[C@@]12CC[C@@](C)(CC(=O)O)O2. The van der Waals surface area contributed by atoms with Gasteiger partial charge in [-0.1, -0.05) is 6.92 Å². The molecule has 24 heavy (non-hydrogen) atoms. The lowest BCUT2D eigenvalue weighted by Gasteiger charge is -2.59. The van der Waals surface area contributed by atoms with Crippen molar-refractivity contribution in [2.75, 3.05) is 0 Å². The number of carboxylic acid groups (broad SMARTS) is 1. The van der Waals surface area contributed by atoms with E-state index in [4.69, 9.17) is 4.74 Å². The Morgan fingerprint density at radius 1 is 1.25 bits per heavy atom. The summed E-state index contributed by atoms with van der Waals surface area (Å²) in [6, 6.07) is 0. The molecule has 0 amide bonds. The molecule has 134 valence electrons. The van der Waals surface area contributed by atoms with Gasteiger partial charge in [0.2, 0.25) is 0 Å². The van der Waals surface area contributed by atoms with Crippen molar-refractivity contribution >= 4 is 11.8 Å². The normalized spacial score (nSPS) is 48.3. The molecular weight excluding hydrogens is 308 g/mol. The first-order valence-corrected chi connectivity index (χ1v) is 8.83. The number of carboxylic acids is 1. The number of hydrogen-bond donors (Lipinski definition) is 2. The zero-order chi connectivity index (χ0) is 18.0. The van der Waals surface area contributed by atoms with Gasteiger partial charge in [-0.05, 0) is 64.5 Å². The summed E-state index contributed by atoms with van der Waals surface area (Å²) in [6.07, 6.45) is 5.15. The van der Waals surface area contributed by atoms with E-state index in [1.54, 1.807) is 13.0 Å². The first-order chi connectivity index (χ1) is 11.0. The van der Waals surface area contributed by atoms with Crippen molar-refractivity contribution < 1.29 is 24.5 Å². The zero-order valence-electron chi connectivity index (χ0n) is 15.0. The highest BCUT2D eigenvalue weighted by atomic mass is 16.5. The number of carbonyl (C=O) groups excluding carboxylic acids is 1. The summed E-state index contributed by atoms with van der Waals surface area (Å²) in [5.74, 6) is -1.41. The van der Waals surface area contributed by atoms with Gasteiger partial charge in [-0.15, -0.1) is 0 Å². The van der Waals surface area contributed by atoms with Gasteiger partial charge in [0, 0.05) is 5.41 Å². The summed E-state index contributed by atoms with van der Waals surface area (Å²) in [5, 5.41) is 20.1. The van der Waals surface area contributed by atoms with Gasteiger partial charge in [-0.2, -0.15) is 0 Å². The summed E-state index contributed by atoms with van der Waals surface area (Å²) in [4.78, 5) is 24.0. The van der Waals surface area contributed by atoms with E-state index in [1.807, 2.05) is 20.8 Å². The van der Waals surface area contributed by atoms with E-state index in [0.29, 0.717) is 19.3 Å². The predicted octanol–water partition coefficient (Wildman–Crippen LogP) is 2.86. The molecule has 0 aromatic carbocycles. The molecule has 1 heterocycles. The summed E-state index contributed by atoms with van der Waals surface area (Å²) < 4.78 is 6.50. The quantitative estimate of drug-likeness (QED) is 0.810. The average molecular weight is 336 g/mol. The maximum Gasteiger partial charge on any atom is 0.306 e. The van der Waals surface area contributed by atoms with E-state index in [9.17, 15) is 19.8 Å². The fraction of sp³-hybridized carbons (Fsp3) is 0.789. The number of ether oxygens (including phenoxy) is 1. The molecule has 5 atom stereocenters. The van der Waals surface area contributed by atoms with Crippen molar-refractivity contribution in [1.82, 2.24) is 0 Å². The summed E-state index contributed by atoms with van der Waals surface area (Å²) in [7, 11) is 0. The number of aliphatic hydroxyl groups is 1. The summed E-state index contributed by atoms with van der Waals surface area (Å²) in [5.41, 5.74) is -2.10. The fourth-order valence-electron chi connectivity index (χ4n) is 5.80. The molecule has 0 bridgehead atoms. The zero-order valence-corrected chi connectivity index (χ0v) is 15.0. The van der Waals surface area contributed by atoms with Crippen molar-refractivity contribution in [1.29, 1.82) is 0 Å². The van der Waals surface area contributed by atoms with E-state index in [-0.39, 0.29) is 12.2 Å². The minimum Gasteiger partial charge on any atom is -0.481 e. The molecule has 2 N–H and O–H groups in total. The minimum atomic E-state index is -1.05. The van der Waals surface area contributed by atoms with Crippen molar-refractivity contribution in [2.45, 2.75) is 83.0 Å². The Morgan fingerprint density at radius 3 is 2.54 bits per heavy atom. The van der Waals surface area contributed by atoms with Crippen LogP contribution in [0, 0.1) is 11.3 Å². The Morgan fingerprint density at radius 2 is 1.92 bits per heavy atom. The maximum absolute atomic E-state index is 12.8. The average Bonchev–Trinajstić information content (AvgIpc) is 2.74. The molecule has 3 aliphatic rings. The lowest BCUT2D eigenvalue weighted by atomic mass is 9.49. The van der Waals surface area contributed by atoms with Crippen LogP contribution < -0.4 is 0 Å². The van der Waals surface area contributed by atoms with Crippen molar-refractivity contribution in [3.05, 3.63) is 11.6 Å². The highest BCUT2D eigenvalue weighted by Gasteiger charge is 2.67. The molecule has 1 spiro atoms. The molecule has 1 saturated carbocycles. The van der Waals surface area contributed by atoms with Crippen molar-refractivity contribution in [3.8, 4) is 0 Å². The molecule has 1 saturated heterocycles. The third kappa shape index (κ3) is 2.28. The molecule has 0 unspecified atom stereocenters. The third-order valence-electron chi connectivity index (χ3n) is 6.79. The Labute approximate surface area is 143 Å². The maximum atomic E-state index is 12.8. The van der Waals surface area contributed by atoms with Crippen LogP contribution in [0.2, 0.25) is 0 Å². The second-order valence-electron chi connectivity index (χ2n) is 8.74. The molecule has 2 aliphatic carbocycles. The van der Waals surface area contributed by atoms with E-state index in [2.05, 4.69) is 0 Å². The topological polar surface area (TPSA) is 83.8 Å². The van der Waals surface area contributed by atoms with Gasteiger partial charge in [0.15, 0.2) is 5.78 Å². The van der Waals surface area contributed by atoms with Gasteiger partial charge < -0.3 is 14.9 Å². The first-order valence-electron chi connectivity index (χ1n) is 8.83. The van der Waals surface area contributed by atoms with Crippen LogP contribution in [-0.4, -0.2) is 38.8 Å². The molecule has 0 aromatic rings. The lowest BCUT2D eigenvalue weighted by Crippen LogP contribution is -2.64. The number of aliphatic carboxylic acids is 1. The second kappa shape index (κ2) is 5.15. The van der Waals surface area contributed by atoms with Gasteiger partial charge >= 0.3 is 5.97 Å². The Balaban J connectivity index is 2.09. The van der Waals surface area contributed by atoms with Gasteiger partial charge in [0.1, 0.15) is 0 Å². The van der Waals surface area contributed by atoms with Crippen LogP contribution in [-0.2, 0) is 14.3 Å². The van der Waals surface area contributed by atoms with Crippen LogP contribution in [0.4, 0.5) is 0 Å².